The standard InChI is InChI=1S/C22H29N3O3/c1-15-18(22(27)28)14-20(19-9-5-6-12-24-19)25(15)17(10-11-21(23)26)13-16-7-3-2-4-8-16/h5-6,9,12,14,16-17H,2-4,7-8,10-11,13H2,1H3,(H2,23,26)(H,27,28). The zero-order valence-corrected chi connectivity index (χ0v) is 16.4. The number of hydrogen-bond donors (Lipinski definition) is 2. The molecule has 1 unspecified atom stereocenters. The number of nitrogens with zero attached hydrogens (tertiary/aromatic N) is 2. The quantitative estimate of drug-likeness (QED) is 0.708. The summed E-state index contributed by atoms with van der Waals surface area (Å²) >= 11 is 0. The Kier molecular flexibility index (Phi) is 6.49. The molecule has 0 saturated heterocycles. The maximum Gasteiger partial charge on any atom is 0.337 e. The lowest BCUT2D eigenvalue weighted by Gasteiger charge is -2.29. The molecule has 0 spiro atoms. The third-order valence-electron chi connectivity index (χ3n) is 5.87. The van der Waals surface area contributed by atoms with Crippen molar-refractivity contribution in [2.24, 2.45) is 11.7 Å². The molecule has 1 aliphatic rings. The van der Waals surface area contributed by atoms with Crippen LogP contribution in [0.3, 0.4) is 0 Å². The third kappa shape index (κ3) is 4.61. The first kappa shape index (κ1) is 20.1. The Morgan fingerprint density at radius 2 is 2.04 bits per heavy atom. The van der Waals surface area contributed by atoms with Crippen LogP contribution in [0, 0.1) is 12.8 Å². The molecular weight excluding hydrogens is 354 g/mol. The number of hydrogen-bond acceptors (Lipinski definition) is 3. The molecule has 2 heterocycles. The Balaban J connectivity index is 2.03. The number of aromatic carboxylic acids is 1. The van der Waals surface area contributed by atoms with E-state index in [0.29, 0.717) is 24.5 Å². The molecule has 1 aliphatic carbocycles. The van der Waals surface area contributed by atoms with E-state index in [2.05, 4.69) is 9.55 Å². The maximum atomic E-state index is 11.8. The zero-order valence-electron chi connectivity index (χ0n) is 16.4. The summed E-state index contributed by atoms with van der Waals surface area (Å²) in [5.41, 5.74) is 7.96. The van der Waals surface area contributed by atoms with E-state index in [1.807, 2.05) is 25.1 Å². The van der Waals surface area contributed by atoms with Crippen molar-refractivity contribution in [1.82, 2.24) is 9.55 Å². The van der Waals surface area contributed by atoms with Crippen LogP contribution < -0.4 is 5.73 Å². The van der Waals surface area contributed by atoms with Crippen LogP contribution in [0.5, 0.6) is 0 Å². The first-order valence-corrected chi connectivity index (χ1v) is 10.1. The minimum atomic E-state index is -0.945. The largest absolute Gasteiger partial charge is 0.478 e. The van der Waals surface area contributed by atoms with Gasteiger partial charge in [0.2, 0.25) is 5.91 Å². The monoisotopic (exact) mass is 383 g/mol. The Morgan fingerprint density at radius 3 is 2.64 bits per heavy atom. The van der Waals surface area contributed by atoms with Crippen molar-refractivity contribution in [3.63, 3.8) is 0 Å². The highest BCUT2D eigenvalue weighted by atomic mass is 16.4. The lowest BCUT2D eigenvalue weighted by molar-refractivity contribution is -0.118. The summed E-state index contributed by atoms with van der Waals surface area (Å²) in [6.07, 6.45) is 9.70. The van der Waals surface area contributed by atoms with E-state index in [-0.39, 0.29) is 17.5 Å². The molecule has 0 aromatic carbocycles. The molecule has 2 aromatic rings. The van der Waals surface area contributed by atoms with Crippen LogP contribution in [-0.4, -0.2) is 26.5 Å². The lowest BCUT2D eigenvalue weighted by Crippen LogP contribution is -2.21. The highest BCUT2D eigenvalue weighted by Gasteiger charge is 2.27. The molecule has 150 valence electrons. The van der Waals surface area contributed by atoms with Gasteiger partial charge < -0.3 is 15.4 Å². The van der Waals surface area contributed by atoms with Crippen LogP contribution >= 0.6 is 0 Å². The van der Waals surface area contributed by atoms with E-state index < -0.39 is 5.97 Å². The van der Waals surface area contributed by atoms with Crippen LogP contribution in [0.25, 0.3) is 11.4 Å². The van der Waals surface area contributed by atoms with Gasteiger partial charge in [0, 0.05) is 24.4 Å². The van der Waals surface area contributed by atoms with Crippen LogP contribution in [0.1, 0.15) is 73.5 Å². The Hall–Kier alpha value is -2.63. The first-order valence-electron chi connectivity index (χ1n) is 10.1. The fraction of sp³-hybridized carbons (Fsp3) is 0.500. The number of primary amides is 1. The fourth-order valence-corrected chi connectivity index (χ4v) is 4.49. The van der Waals surface area contributed by atoms with Gasteiger partial charge in [0.05, 0.1) is 17.0 Å². The summed E-state index contributed by atoms with van der Waals surface area (Å²) in [6.45, 7) is 1.84. The minimum Gasteiger partial charge on any atom is -0.478 e. The predicted octanol–water partition coefficient (Wildman–Crippen LogP) is 4.33. The molecule has 6 nitrogen and oxygen atoms in total. The van der Waals surface area contributed by atoms with Crippen molar-refractivity contribution in [3.05, 3.63) is 41.7 Å². The number of pyridine rings is 1. The van der Waals surface area contributed by atoms with Crippen molar-refractivity contribution in [1.29, 1.82) is 0 Å². The second-order valence-corrected chi connectivity index (χ2v) is 7.82. The second-order valence-electron chi connectivity index (χ2n) is 7.82. The predicted molar refractivity (Wildman–Crippen MR) is 108 cm³/mol. The molecule has 3 N–H and O–H groups in total. The summed E-state index contributed by atoms with van der Waals surface area (Å²) in [5, 5.41) is 9.66. The van der Waals surface area contributed by atoms with Crippen molar-refractivity contribution in [2.75, 3.05) is 0 Å². The van der Waals surface area contributed by atoms with Gasteiger partial charge in [-0.15, -0.1) is 0 Å². The summed E-state index contributed by atoms with van der Waals surface area (Å²) in [7, 11) is 0. The van der Waals surface area contributed by atoms with Crippen molar-refractivity contribution in [2.45, 2.75) is 64.3 Å². The van der Waals surface area contributed by atoms with Crippen molar-refractivity contribution < 1.29 is 14.7 Å². The number of rotatable bonds is 8. The topological polar surface area (TPSA) is 98.2 Å². The molecule has 0 aliphatic heterocycles. The molecule has 3 rings (SSSR count). The highest BCUT2D eigenvalue weighted by molar-refractivity contribution is 5.91. The van der Waals surface area contributed by atoms with Gasteiger partial charge in [-0.1, -0.05) is 38.2 Å². The van der Waals surface area contributed by atoms with Gasteiger partial charge in [0.15, 0.2) is 0 Å². The lowest BCUT2D eigenvalue weighted by atomic mass is 9.83. The average molecular weight is 383 g/mol. The van der Waals surface area contributed by atoms with Crippen LogP contribution in [0.15, 0.2) is 30.5 Å². The van der Waals surface area contributed by atoms with Gasteiger partial charge in [-0.25, -0.2) is 4.79 Å². The molecule has 1 saturated carbocycles. The average Bonchev–Trinajstić information content (AvgIpc) is 3.04. The number of carbonyl (C=O) groups is 2. The Morgan fingerprint density at radius 1 is 1.29 bits per heavy atom. The molecular formula is C22H29N3O3. The Labute approximate surface area is 165 Å². The third-order valence-corrected chi connectivity index (χ3v) is 5.87. The first-order chi connectivity index (χ1) is 13.5. The van der Waals surface area contributed by atoms with Crippen LogP contribution in [0.2, 0.25) is 0 Å². The number of aromatic nitrogens is 2. The van der Waals surface area contributed by atoms with Crippen molar-refractivity contribution in [3.8, 4) is 11.4 Å². The van der Waals surface area contributed by atoms with Crippen LogP contribution in [0.4, 0.5) is 0 Å². The summed E-state index contributed by atoms with van der Waals surface area (Å²) in [6, 6.07) is 7.37. The van der Waals surface area contributed by atoms with Gasteiger partial charge in [0.1, 0.15) is 0 Å². The smallest absolute Gasteiger partial charge is 0.337 e. The van der Waals surface area contributed by atoms with E-state index in [1.165, 1.54) is 32.1 Å². The molecule has 28 heavy (non-hydrogen) atoms. The number of nitrogens with two attached hydrogens (primary N) is 1. The normalized spacial score (nSPS) is 16.0. The summed E-state index contributed by atoms with van der Waals surface area (Å²) < 4.78 is 2.09. The number of amides is 1. The number of carbonyl (C=O) groups excluding carboxylic acids is 1. The van der Waals surface area contributed by atoms with E-state index in [1.54, 1.807) is 12.3 Å². The molecule has 0 bridgehead atoms. The molecule has 2 aromatic heterocycles. The number of carboxylic acid groups (broad SMARTS) is 1. The van der Waals surface area contributed by atoms with Gasteiger partial charge in [-0.2, -0.15) is 0 Å². The van der Waals surface area contributed by atoms with E-state index >= 15 is 0 Å². The van der Waals surface area contributed by atoms with E-state index in [9.17, 15) is 14.7 Å². The molecule has 6 heteroatoms. The van der Waals surface area contributed by atoms with Gasteiger partial charge in [0.25, 0.3) is 0 Å². The SMILES string of the molecule is Cc1c(C(=O)O)cc(-c2ccccn2)n1C(CCC(N)=O)CC1CCCCC1. The highest BCUT2D eigenvalue weighted by Crippen LogP contribution is 2.37. The molecule has 1 fully saturated rings. The maximum absolute atomic E-state index is 11.8. The summed E-state index contributed by atoms with van der Waals surface area (Å²) in [5.74, 6) is -0.672. The summed E-state index contributed by atoms with van der Waals surface area (Å²) in [4.78, 5) is 27.7. The Bertz CT molecular complexity index is 823. The van der Waals surface area contributed by atoms with Gasteiger partial charge >= 0.3 is 5.97 Å². The van der Waals surface area contributed by atoms with Crippen LogP contribution in [-0.2, 0) is 4.79 Å². The fourth-order valence-electron chi connectivity index (χ4n) is 4.49. The molecule has 0 radical (unpaired) electrons. The minimum absolute atomic E-state index is 0.0284. The molecule has 1 amide bonds. The second kappa shape index (κ2) is 9.04. The van der Waals surface area contributed by atoms with Gasteiger partial charge in [-0.3, -0.25) is 9.78 Å². The molecule has 1 atom stereocenters. The van der Waals surface area contributed by atoms with E-state index in [0.717, 1.165) is 17.8 Å². The van der Waals surface area contributed by atoms with E-state index in [4.69, 9.17) is 5.73 Å². The van der Waals surface area contributed by atoms with Gasteiger partial charge in [-0.05, 0) is 43.9 Å². The number of carboxylic acids is 1. The zero-order chi connectivity index (χ0) is 20.1. The van der Waals surface area contributed by atoms with Crippen molar-refractivity contribution >= 4 is 11.9 Å².